The molecule has 7 nitrogen and oxygen atoms in total. The van der Waals surface area contributed by atoms with E-state index in [0.29, 0.717) is 32.0 Å². The van der Waals surface area contributed by atoms with E-state index in [1.165, 1.54) is 18.4 Å². The van der Waals surface area contributed by atoms with Gasteiger partial charge in [-0.05, 0) is 68.8 Å². The molecule has 1 aromatic heterocycles. The number of nitrogens with one attached hydrogen (secondary N) is 1. The molecular weight excluding hydrogens is 404 g/mol. The van der Waals surface area contributed by atoms with Gasteiger partial charge in [-0.15, -0.1) is 0 Å². The van der Waals surface area contributed by atoms with Crippen LogP contribution >= 0.6 is 0 Å². The van der Waals surface area contributed by atoms with Crippen LogP contribution in [0.3, 0.4) is 0 Å². The Kier molecular flexibility index (Phi) is 7.48. The van der Waals surface area contributed by atoms with Crippen LogP contribution in [0.1, 0.15) is 47.3 Å². The number of carbonyl (C=O) groups excluding carboxylic acids is 1. The molecule has 0 bridgehead atoms. The van der Waals surface area contributed by atoms with Crippen molar-refractivity contribution in [3.8, 4) is 5.75 Å². The maximum absolute atomic E-state index is 13.0. The monoisotopic (exact) mass is 440 g/mol. The number of benzene rings is 1. The number of nitrogens with zero attached hydrogens (tertiary/aromatic N) is 3. The molecule has 1 saturated heterocycles. The lowest BCUT2D eigenvalue weighted by molar-refractivity contribution is -0.131. The van der Waals surface area contributed by atoms with Crippen molar-refractivity contribution in [2.24, 2.45) is 5.92 Å². The van der Waals surface area contributed by atoms with Gasteiger partial charge < -0.3 is 14.4 Å². The minimum absolute atomic E-state index is 0.172. The second-order valence-corrected chi connectivity index (χ2v) is 9.22. The van der Waals surface area contributed by atoms with Crippen molar-refractivity contribution in [1.29, 1.82) is 0 Å². The maximum atomic E-state index is 13.0. The predicted molar refractivity (Wildman–Crippen MR) is 124 cm³/mol. The third-order valence-electron chi connectivity index (χ3n) is 6.74. The van der Waals surface area contributed by atoms with Crippen molar-refractivity contribution in [2.75, 3.05) is 40.0 Å². The molecule has 0 spiro atoms. The quantitative estimate of drug-likeness (QED) is 0.716. The fraction of sp³-hybridized carbons (Fsp3) is 0.600. The molecule has 0 radical (unpaired) electrons. The molecule has 2 aromatic rings. The molecule has 32 heavy (non-hydrogen) atoms. The van der Waals surface area contributed by atoms with E-state index in [2.05, 4.69) is 33.3 Å². The average molecular weight is 441 g/mol. The highest BCUT2D eigenvalue weighted by Gasteiger charge is 2.23. The SMILES string of the molecule is COC[C@@H]1CCCN(Cc2ccc3c(c2)CN(C(=O)CCc2c(C)n[nH]c2C)CCO3)C1. The summed E-state index contributed by atoms with van der Waals surface area (Å²) in [6, 6.07) is 6.47. The summed E-state index contributed by atoms with van der Waals surface area (Å²) in [5.41, 5.74) is 5.57. The van der Waals surface area contributed by atoms with E-state index in [4.69, 9.17) is 9.47 Å². The number of hydrogen-bond donors (Lipinski definition) is 1. The number of aromatic amines is 1. The number of ether oxygens (including phenoxy) is 2. The number of aromatic nitrogens is 2. The lowest BCUT2D eigenvalue weighted by Crippen LogP contribution is -2.36. The average Bonchev–Trinajstić information content (AvgIpc) is 2.97. The van der Waals surface area contributed by atoms with E-state index in [1.807, 2.05) is 18.7 Å². The molecule has 174 valence electrons. The van der Waals surface area contributed by atoms with Gasteiger partial charge in [0.15, 0.2) is 0 Å². The number of methoxy groups -OCH3 is 1. The van der Waals surface area contributed by atoms with Gasteiger partial charge in [0.25, 0.3) is 0 Å². The smallest absolute Gasteiger partial charge is 0.223 e. The van der Waals surface area contributed by atoms with Crippen molar-refractivity contribution >= 4 is 5.91 Å². The number of fused-ring (bicyclic) bond motifs is 1. The third kappa shape index (κ3) is 5.51. The summed E-state index contributed by atoms with van der Waals surface area (Å²) in [7, 11) is 1.79. The number of piperidine rings is 1. The Morgan fingerprint density at radius 1 is 1.31 bits per heavy atom. The first kappa shape index (κ1) is 22.8. The lowest BCUT2D eigenvalue weighted by atomic mass is 9.98. The zero-order valence-electron chi connectivity index (χ0n) is 19.7. The Morgan fingerprint density at radius 3 is 2.97 bits per heavy atom. The first-order valence-electron chi connectivity index (χ1n) is 11.8. The molecule has 4 rings (SSSR count). The Balaban J connectivity index is 1.39. The van der Waals surface area contributed by atoms with Crippen molar-refractivity contribution < 1.29 is 14.3 Å². The molecule has 7 heteroatoms. The van der Waals surface area contributed by atoms with E-state index in [9.17, 15) is 4.79 Å². The molecule has 1 aromatic carbocycles. The van der Waals surface area contributed by atoms with Gasteiger partial charge in [-0.3, -0.25) is 14.8 Å². The normalized spacial score (nSPS) is 19.3. The summed E-state index contributed by atoms with van der Waals surface area (Å²) in [6.45, 7) is 9.74. The predicted octanol–water partition coefficient (Wildman–Crippen LogP) is 3.24. The maximum Gasteiger partial charge on any atom is 0.223 e. The molecule has 1 atom stereocenters. The minimum Gasteiger partial charge on any atom is -0.491 e. The zero-order valence-corrected chi connectivity index (χ0v) is 19.7. The van der Waals surface area contributed by atoms with E-state index in [-0.39, 0.29) is 5.91 Å². The number of amides is 1. The van der Waals surface area contributed by atoms with Crippen LogP contribution in [0.2, 0.25) is 0 Å². The van der Waals surface area contributed by atoms with Gasteiger partial charge in [0.1, 0.15) is 12.4 Å². The summed E-state index contributed by atoms with van der Waals surface area (Å²) in [5, 5.41) is 7.25. The van der Waals surface area contributed by atoms with E-state index in [0.717, 1.165) is 60.9 Å². The van der Waals surface area contributed by atoms with E-state index < -0.39 is 0 Å². The molecule has 1 fully saturated rings. The van der Waals surface area contributed by atoms with Crippen LogP contribution in [0, 0.1) is 19.8 Å². The third-order valence-corrected chi connectivity index (χ3v) is 6.74. The standard InChI is InChI=1S/C25H36N4O3/c1-18-23(19(2)27-26-18)7-9-25(30)29-11-12-32-24-8-6-20(13-22(24)16-29)14-28-10-4-5-21(15-28)17-31-3/h6,8,13,21H,4-5,7,9-12,14-17H2,1-3H3,(H,26,27)/t21-/m1/s1. The van der Waals surface area contributed by atoms with Gasteiger partial charge in [-0.25, -0.2) is 0 Å². The summed E-state index contributed by atoms with van der Waals surface area (Å²) in [5.74, 6) is 1.69. The van der Waals surface area contributed by atoms with Crippen LogP contribution in [-0.2, 0) is 29.0 Å². The Bertz CT molecular complexity index is 904. The second kappa shape index (κ2) is 10.5. The first-order valence-corrected chi connectivity index (χ1v) is 11.8. The van der Waals surface area contributed by atoms with Gasteiger partial charge in [0, 0.05) is 44.4 Å². The summed E-state index contributed by atoms with van der Waals surface area (Å²) >= 11 is 0. The molecule has 0 unspecified atom stereocenters. The highest BCUT2D eigenvalue weighted by molar-refractivity contribution is 5.76. The lowest BCUT2D eigenvalue weighted by Gasteiger charge is -2.32. The molecule has 3 heterocycles. The summed E-state index contributed by atoms with van der Waals surface area (Å²) in [6.07, 6.45) is 3.68. The number of H-pyrrole nitrogens is 1. The number of likely N-dealkylation sites (tertiary alicyclic amines) is 1. The van der Waals surface area contributed by atoms with Crippen molar-refractivity contribution in [1.82, 2.24) is 20.0 Å². The topological polar surface area (TPSA) is 70.7 Å². The van der Waals surface area contributed by atoms with Crippen molar-refractivity contribution in [3.05, 3.63) is 46.3 Å². The van der Waals surface area contributed by atoms with Crippen LogP contribution in [0.4, 0.5) is 0 Å². The first-order chi connectivity index (χ1) is 15.5. The number of carbonyl (C=O) groups is 1. The fourth-order valence-corrected chi connectivity index (χ4v) is 5.02. The van der Waals surface area contributed by atoms with E-state index >= 15 is 0 Å². The minimum atomic E-state index is 0.172. The zero-order chi connectivity index (χ0) is 22.5. The Hall–Kier alpha value is -2.38. The molecule has 0 saturated carbocycles. The molecule has 2 aliphatic rings. The van der Waals surface area contributed by atoms with Crippen LogP contribution in [0.25, 0.3) is 0 Å². The van der Waals surface area contributed by atoms with Gasteiger partial charge in [0.05, 0.1) is 18.8 Å². The molecule has 1 N–H and O–H groups in total. The summed E-state index contributed by atoms with van der Waals surface area (Å²) < 4.78 is 11.3. The molecule has 0 aliphatic carbocycles. The Morgan fingerprint density at radius 2 is 2.19 bits per heavy atom. The molecule has 2 aliphatic heterocycles. The van der Waals surface area contributed by atoms with Crippen LogP contribution in [-0.4, -0.2) is 65.9 Å². The van der Waals surface area contributed by atoms with Gasteiger partial charge >= 0.3 is 0 Å². The second-order valence-electron chi connectivity index (χ2n) is 9.22. The fourth-order valence-electron chi connectivity index (χ4n) is 5.02. The van der Waals surface area contributed by atoms with Gasteiger partial charge in [0.2, 0.25) is 5.91 Å². The highest BCUT2D eigenvalue weighted by atomic mass is 16.5. The highest BCUT2D eigenvalue weighted by Crippen LogP contribution is 2.27. The van der Waals surface area contributed by atoms with E-state index in [1.54, 1.807) is 7.11 Å². The van der Waals surface area contributed by atoms with Crippen LogP contribution in [0.5, 0.6) is 5.75 Å². The molecular formula is C25H36N4O3. The van der Waals surface area contributed by atoms with Crippen molar-refractivity contribution in [3.63, 3.8) is 0 Å². The molecule has 1 amide bonds. The van der Waals surface area contributed by atoms with Gasteiger partial charge in [-0.2, -0.15) is 5.10 Å². The number of rotatable bonds is 7. The Labute approximate surface area is 191 Å². The van der Waals surface area contributed by atoms with Gasteiger partial charge in [-0.1, -0.05) is 6.07 Å². The number of hydrogen-bond acceptors (Lipinski definition) is 5. The largest absolute Gasteiger partial charge is 0.491 e. The van der Waals surface area contributed by atoms with Crippen LogP contribution in [0.15, 0.2) is 18.2 Å². The summed E-state index contributed by atoms with van der Waals surface area (Å²) in [4.78, 5) is 17.5. The van der Waals surface area contributed by atoms with Crippen LogP contribution < -0.4 is 4.74 Å². The van der Waals surface area contributed by atoms with Crippen molar-refractivity contribution in [2.45, 2.75) is 52.6 Å². The number of aryl methyl sites for hydroxylation is 2.